The molecule has 0 saturated carbocycles. The summed E-state index contributed by atoms with van der Waals surface area (Å²) in [5.74, 6) is 0.319. The van der Waals surface area contributed by atoms with E-state index in [4.69, 9.17) is 0 Å². The Morgan fingerprint density at radius 1 is 1.22 bits per heavy atom. The number of anilines is 1. The summed E-state index contributed by atoms with van der Waals surface area (Å²) in [6, 6.07) is 6.44. The van der Waals surface area contributed by atoms with Crippen LogP contribution in [0, 0.1) is 12.7 Å². The largest absolute Gasteiger partial charge is 0.350 e. The highest BCUT2D eigenvalue weighted by molar-refractivity contribution is 5.27. The average molecular weight is 249 g/mol. The number of nitrogens with zero attached hydrogens (tertiary/aromatic N) is 2. The lowest BCUT2D eigenvalue weighted by atomic mass is 10.2. The Hall–Kier alpha value is -1.97. The normalized spacial score (nSPS) is 9.33. The zero-order valence-electron chi connectivity index (χ0n) is 10.9. The summed E-state index contributed by atoms with van der Waals surface area (Å²) in [5, 5.41) is 3.03. The van der Waals surface area contributed by atoms with Gasteiger partial charge in [-0.25, -0.2) is 14.4 Å². The van der Waals surface area contributed by atoms with Crippen LogP contribution in [-0.4, -0.2) is 9.97 Å². The molecule has 0 aliphatic rings. The molecule has 0 fully saturated rings. The third-order valence-electron chi connectivity index (χ3n) is 2.12. The van der Waals surface area contributed by atoms with E-state index in [0.29, 0.717) is 12.5 Å². The number of aromatic nitrogens is 2. The second kappa shape index (κ2) is 7.37. The van der Waals surface area contributed by atoms with E-state index >= 15 is 0 Å². The maximum Gasteiger partial charge on any atom is 0.222 e. The Morgan fingerprint density at radius 3 is 2.50 bits per heavy atom. The lowest BCUT2D eigenvalue weighted by molar-refractivity contribution is 0.626. The number of benzene rings is 1. The van der Waals surface area contributed by atoms with Crippen LogP contribution >= 0.6 is 0 Å². The van der Waals surface area contributed by atoms with Crippen molar-refractivity contribution in [3.63, 3.8) is 0 Å². The van der Waals surface area contributed by atoms with Gasteiger partial charge in [0.15, 0.2) is 0 Å². The van der Waals surface area contributed by atoms with Crippen LogP contribution in [0.15, 0.2) is 36.7 Å². The Kier molecular flexibility index (Phi) is 5.77. The zero-order valence-corrected chi connectivity index (χ0v) is 10.9. The summed E-state index contributed by atoms with van der Waals surface area (Å²) >= 11 is 0. The van der Waals surface area contributed by atoms with E-state index in [1.165, 1.54) is 12.1 Å². The molecule has 98 valence electrons. The summed E-state index contributed by atoms with van der Waals surface area (Å²) in [7, 11) is 0. The van der Waals surface area contributed by atoms with E-state index in [1.807, 2.05) is 26.8 Å². The van der Waals surface area contributed by atoms with Gasteiger partial charge in [0.25, 0.3) is 0 Å². The summed E-state index contributed by atoms with van der Waals surface area (Å²) in [4.78, 5) is 8.20. The fraction of sp³-hybridized carbons (Fsp3) is 0.286. The van der Waals surface area contributed by atoms with Crippen LogP contribution in [0.2, 0.25) is 0 Å². The average Bonchev–Trinajstić information content (AvgIpc) is 2.41. The van der Waals surface area contributed by atoms with Gasteiger partial charge in [0.05, 0.1) is 0 Å². The molecule has 4 heteroatoms. The number of halogens is 1. The maximum atomic E-state index is 12.9. The highest BCUT2D eigenvalue weighted by Gasteiger charge is 1.97. The fourth-order valence-electron chi connectivity index (χ4n) is 1.31. The van der Waals surface area contributed by atoms with Gasteiger partial charge in [-0.15, -0.1) is 0 Å². The minimum absolute atomic E-state index is 0. The predicted molar refractivity (Wildman–Crippen MR) is 74.0 cm³/mol. The molecule has 2 rings (SSSR count). The van der Waals surface area contributed by atoms with Gasteiger partial charge in [-0.2, -0.15) is 0 Å². The lowest BCUT2D eigenvalue weighted by Crippen LogP contribution is -2.03. The highest BCUT2D eigenvalue weighted by Crippen LogP contribution is 2.06. The van der Waals surface area contributed by atoms with Crippen LogP contribution < -0.4 is 5.32 Å². The fourth-order valence-corrected chi connectivity index (χ4v) is 1.31. The standard InChI is InChI=1S/C12H12FN3.C2H6.H2/c1-9-6-14-12(15-7-9)16-8-10-3-2-4-11(13)5-10;1-2;/h2-7H,8H2,1H3,(H,14,15,16);1-2H3;1H. The minimum Gasteiger partial charge on any atom is -0.350 e. The second-order valence-electron chi connectivity index (χ2n) is 3.57. The molecule has 0 unspecified atom stereocenters. The minimum atomic E-state index is -0.232. The second-order valence-corrected chi connectivity index (χ2v) is 3.57. The number of nitrogens with one attached hydrogen (secondary N) is 1. The van der Waals surface area contributed by atoms with Crippen LogP contribution in [0.3, 0.4) is 0 Å². The van der Waals surface area contributed by atoms with E-state index in [0.717, 1.165) is 11.1 Å². The molecule has 1 aromatic heterocycles. The Bertz CT molecular complexity index is 474. The van der Waals surface area contributed by atoms with Crippen LogP contribution in [0.1, 0.15) is 26.4 Å². The lowest BCUT2D eigenvalue weighted by Gasteiger charge is -2.04. The maximum absolute atomic E-state index is 12.9. The van der Waals surface area contributed by atoms with Crippen LogP contribution in [0.25, 0.3) is 0 Å². The molecule has 0 bridgehead atoms. The first-order chi connectivity index (χ1) is 8.74. The molecule has 0 atom stereocenters. The van der Waals surface area contributed by atoms with Gasteiger partial charge in [-0.05, 0) is 30.2 Å². The van der Waals surface area contributed by atoms with Gasteiger partial charge in [0, 0.05) is 20.4 Å². The molecule has 3 nitrogen and oxygen atoms in total. The molecule has 2 aromatic rings. The smallest absolute Gasteiger partial charge is 0.222 e. The topological polar surface area (TPSA) is 37.8 Å². The zero-order chi connectivity index (χ0) is 13.4. The highest BCUT2D eigenvalue weighted by atomic mass is 19.1. The van der Waals surface area contributed by atoms with Gasteiger partial charge in [-0.3, -0.25) is 0 Å². The molecule has 0 aliphatic carbocycles. The van der Waals surface area contributed by atoms with Crippen LogP contribution in [-0.2, 0) is 6.54 Å². The number of hydrogen-bond donors (Lipinski definition) is 1. The SMILES string of the molecule is CC.Cc1cnc(NCc2cccc(F)c2)nc1.[HH]. The van der Waals surface area contributed by atoms with Crippen molar-refractivity contribution < 1.29 is 5.82 Å². The molecular weight excluding hydrogens is 229 g/mol. The quantitative estimate of drug-likeness (QED) is 0.898. The van der Waals surface area contributed by atoms with E-state index in [1.54, 1.807) is 18.5 Å². The van der Waals surface area contributed by atoms with Crippen molar-refractivity contribution in [1.29, 1.82) is 0 Å². The Balaban J connectivity index is 0.00000103. The predicted octanol–water partition coefficient (Wildman–Crippen LogP) is 3.81. The van der Waals surface area contributed by atoms with E-state index in [2.05, 4.69) is 15.3 Å². The van der Waals surface area contributed by atoms with Crippen LogP contribution in [0.4, 0.5) is 10.3 Å². The third-order valence-corrected chi connectivity index (χ3v) is 2.12. The molecule has 1 N–H and O–H groups in total. The van der Waals surface area contributed by atoms with Crippen molar-refractivity contribution in [2.24, 2.45) is 0 Å². The number of aryl methyl sites for hydroxylation is 1. The van der Waals surface area contributed by atoms with Gasteiger partial charge in [0.2, 0.25) is 5.95 Å². The summed E-state index contributed by atoms with van der Waals surface area (Å²) in [5.41, 5.74) is 1.88. The Morgan fingerprint density at radius 2 is 1.89 bits per heavy atom. The molecular formula is C14H20FN3. The first-order valence-corrected chi connectivity index (χ1v) is 6.01. The van der Waals surface area contributed by atoms with Crippen molar-refractivity contribution >= 4 is 5.95 Å². The van der Waals surface area contributed by atoms with Crippen molar-refractivity contribution in [2.45, 2.75) is 27.3 Å². The Labute approximate surface area is 109 Å². The molecule has 1 heterocycles. The number of hydrogen-bond acceptors (Lipinski definition) is 3. The first-order valence-electron chi connectivity index (χ1n) is 6.01. The monoisotopic (exact) mass is 249 g/mol. The molecule has 1 aromatic carbocycles. The van der Waals surface area contributed by atoms with E-state index in [9.17, 15) is 4.39 Å². The van der Waals surface area contributed by atoms with Gasteiger partial charge in [0.1, 0.15) is 5.82 Å². The van der Waals surface area contributed by atoms with Crippen molar-refractivity contribution in [2.75, 3.05) is 5.32 Å². The van der Waals surface area contributed by atoms with Gasteiger partial charge in [-0.1, -0.05) is 26.0 Å². The molecule has 0 spiro atoms. The molecule has 0 radical (unpaired) electrons. The van der Waals surface area contributed by atoms with Gasteiger partial charge >= 0.3 is 0 Å². The summed E-state index contributed by atoms with van der Waals surface area (Å²) in [6.45, 7) is 6.44. The summed E-state index contributed by atoms with van der Waals surface area (Å²) < 4.78 is 12.9. The number of rotatable bonds is 3. The summed E-state index contributed by atoms with van der Waals surface area (Å²) in [6.07, 6.45) is 3.47. The molecule has 0 amide bonds. The van der Waals surface area contributed by atoms with Crippen molar-refractivity contribution in [3.8, 4) is 0 Å². The molecule has 0 saturated heterocycles. The van der Waals surface area contributed by atoms with E-state index < -0.39 is 0 Å². The van der Waals surface area contributed by atoms with Crippen molar-refractivity contribution in [3.05, 3.63) is 53.6 Å². The third kappa shape index (κ3) is 4.49. The first kappa shape index (κ1) is 14.1. The van der Waals surface area contributed by atoms with E-state index in [-0.39, 0.29) is 7.24 Å². The van der Waals surface area contributed by atoms with Crippen LogP contribution in [0.5, 0.6) is 0 Å². The van der Waals surface area contributed by atoms with Gasteiger partial charge < -0.3 is 5.32 Å². The molecule has 18 heavy (non-hydrogen) atoms. The molecule has 0 aliphatic heterocycles. The van der Waals surface area contributed by atoms with Crippen molar-refractivity contribution in [1.82, 2.24) is 9.97 Å².